The van der Waals surface area contributed by atoms with E-state index in [1.54, 1.807) is 11.8 Å². The van der Waals surface area contributed by atoms with Crippen LogP contribution in [0.15, 0.2) is 35.2 Å². The molecule has 2 rings (SSSR count). The molecule has 112 valence electrons. The summed E-state index contributed by atoms with van der Waals surface area (Å²) in [5.41, 5.74) is 2.38. The summed E-state index contributed by atoms with van der Waals surface area (Å²) < 4.78 is 0. The fraction of sp³-hybridized carbons (Fsp3) is 0.412. The van der Waals surface area contributed by atoms with E-state index >= 15 is 0 Å². The third-order valence-corrected chi connectivity index (χ3v) is 4.09. The van der Waals surface area contributed by atoms with E-state index in [0.717, 1.165) is 29.6 Å². The monoisotopic (exact) mass is 301 g/mol. The van der Waals surface area contributed by atoms with Crippen LogP contribution < -0.4 is 5.32 Å². The second-order valence-electron chi connectivity index (χ2n) is 5.38. The van der Waals surface area contributed by atoms with Crippen LogP contribution in [0.4, 0.5) is 5.82 Å². The molecule has 1 aromatic heterocycles. The molecule has 0 saturated carbocycles. The number of benzene rings is 1. The van der Waals surface area contributed by atoms with Crippen LogP contribution in [0.2, 0.25) is 0 Å². The van der Waals surface area contributed by atoms with Crippen molar-refractivity contribution in [3.05, 3.63) is 47.4 Å². The Morgan fingerprint density at radius 2 is 2.00 bits per heavy atom. The average Bonchev–Trinajstić information content (AvgIpc) is 2.45. The first kappa shape index (κ1) is 15.8. The maximum atomic E-state index is 4.68. The van der Waals surface area contributed by atoms with Crippen LogP contribution in [0.1, 0.15) is 43.8 Å². The van der Waals surface area contributed by atoms with Crippen molar-refractivity contribution in [3.63, 3.8) is 0 Å². The van der Waals surface area contributed by atoms with Crippen molar-refractivity contribution < 1.29 is 0 Å². The molecular formula is C17H23N3S. The van der Waals surface area contributed by atoms with Gasteiger partial charge < -0.3 is 5.32 Å². The van der Waals surface area contributed by atoms with Crippen molar-refractivity contribution in [3.8, 4) is 0 Å². The van der Waals surface area contributed by atoms with E-state index in [9.17, 15) is 0 Å². The minimum absolute atomic E-state index is 0.410. The lowest BCUT2D eigenvalue weighted by atomic mass is 10.1. The molecule has 0 atom stereocenters. The molecule has 0 amide bonds. The van der Waals surface area contributed by atoms with E-state index < -0.39 is 0 Å². The zero-order valence-corrected chi connectivity index (χ0v) is 14.0. The summed E-state index contributed by atoms with van der Waals surface area (Å²) in [5.74, 6) is 3.02. The van der Waals surface area contributed by atoms with E-state index in [0.29, 0.717) is 5.92 Å². The number of hydrogen-bond donors (Lipinski definition) is 1. The van der Waals surface area contributed by atoms with Gasteiger partial charge in [-0.05, 0) is 31.9 Å². The molecule has 4 heteroatoms. The summed E-state index contributed by atoms with van der Waals surface area (Å²) >= 11 is 1.78. The van der Waals surface area contributed by atoms with Crippen LogP contribution in [0, 0.1) is 6.92 Å². The van der Waals surface area contributed by atoms with E-state index in [1.165, 1.54) is 10.5 Å². The molecule has 0 spiro atoms. The predicted molar refractivity (Wildman–Crippen MR) is 91.0 cm³/mol. The first-order valence-corrected chi connectivity index (χ1v) is 8.38. The Bertz CT molecular complexity index is 596. The van der Waals surface area contributed by atoms with Gasteiger partial charge in [-0.1, -0.05) is 31.5 Å². The summed E-state index contributed by atoms with van der Waals surface area (Å²) in [6, 6.07) is 10.6. The fourth-order valence-corrected chi connectivity index (χ4v) is 2.87. The van der Waals surface area contributed by atoms with Gasteiger partial charge in [0, 0.05) is 23.2 Å². The van der Waals surface area contributed by atoms with Crippen LogP contribution >= 0.6 is 11.8 Å². The quantitative estimate of drug-likeness (QED) is 0.789. The highest BCUT2D eigenvalue weighted by Gasteiger charge is 2.08. The highest BCUT2D eigenvalue weighted by atomic mass is 32.2. The minimum Gasteiger partial charge on any atom is -0.370 e. The van der Waals surface area contributed by atoms with Crippen molar-refractivity contribution in [2.45, 2.75) is 44.3 Å². The van der Waals surface area contributed by atoms with Crippen molar-refractivity contribution in [2.24, 2.45) is 0 Å². The summed E-state index contributed by atoms with van der Waals surface area (Å²) in [4.78, 5) is 10.5. The molecular weight excluding hydrogens is 278 g/mol. The zero-order valence-electron chi connectivity index (χ0n) is 13.2. The molecule has 1 heterocycles. The number of anilines is 1. The highest BCUT2D eigenvalue weighted by molar-refractivity contribution is 7.98. The van der Waals surface area contributed by atoms with Gasteiger partial charge in [0.05, 0.1) is 5.75 Å². The van der Waals surface area contributed by atoms with Gasteiger partial charge in [-0.25, -0.2) is 9.97 Å². The number of thioether (sulfide) groups is 1. The summed E-state index contributed by atoms with van der Waals surface area (Å²) in [7, 11) is 0. The Morgan fingerprint density at radius 3 is 2.67 bits per heavy atom. The van der Waals surface area contributed by atoms with Crippen LogP contribution in [-0.4, -0.2) is 16.5 Å². The number of aromatic nitrogens is 2. The SMILES string of the molecule is CCNc1cc(C(C)C)nc(CSc2cccc(C)c2)n1. The molecule has 0 aliphatic heterocycles. The second-order valence-corrected chi connectivity index (χ2v) is 6.43. The molecule has 0 saturated heterocycles. The standard InChI is InChI=1S/C17H23N3S/c1-5-18-16-10-15(12(2)3)19-17(20-16)11-21-14-8-6-7-13(4)9-14/h6-10,12H,5,11H2,1-4H3,(H,18,19,20). The van der Waals surface area contributed by atoms with Crippen LogP contribution in [0.3, 0.4) is 0 Å². The van der Waals surface area contributed by atoms with Crippen molar-refractivity contribution in [1.29, 1.82) is 0 Å². The van der Waals surface area contributed by atoms with Crippen LogP contribution in [0.5, 0.6) is 0 Å². The van der Waals surface area contributed by atoms with Gasteiger partial charge in [0.25, 0.3) is 0 Å². The summed E-state index contributed by atoms with van der Waals surface area (Å²) in [6.07, 6.45) is 0. The minimum atomic E-state index is 0.410. The lowest BCUT2D eigenvalue weighted by Crippen LogP contribution is -2.06. The smallest absolute Gasteiger partial charge is 0.141 e. The third kappa shape index (κ3) is 4.74. The van der Waals surface area contributed by atoms with Gasteiger partial charge in [0.1, 0.15) is 11.6 Å². The Hall–Kier alpha value is -1.55. The van der Waals surface area contributed by atoms with Crippen molar-refractivity contribution in [1.82, 2.24) is 9.97 Å². The molecule has 0 aliphatic rings. The van der Waals surface area contributed by atoms with E-state index in [1.807, 2.05) is 0 Å². The first-order valence-electron chi connectivity index (χ1n) is 7.39. The van der Waals surface area contributed by atoms with Gasteiger partial charge in [-0.2, -0.15) is 0 Å². The Morgan fingerprint density at radius 1 is 1.19 bits per heavy atom. The van der Waals surface area contributed by atoms with Crippen LogP contribution in [-0.2, 0) is 5.75 Å². The number of rotatable bonds is 6. The Kier molecular flexibility index (Phi) is 5.62. The van der Waals surface area contributed by atoms with E-state index in [-0.39, 0.29) is 0 Å². The molecule has 0 unspecified atom stereocenters. The second kappa shape index (κ2) is 7.46. The zero-order chi connectivity index (χ0) is 15.2. The fourth-order valence-electron chi connectivity index (χ4n) is 2.00. The van der Waals surface area contributed by atoms with Crippen molar-refractivity contribution in [2.75, 3.05) is 11.9 Å². The average molecular weight is 301 g/mol. The molecule has 1 N–H and O–H groups in total. The summed E-state index contributed by atoms with van der Waals surface area (Å²) in [5, 5.41) is 3.29. The molecule has 0 fully saturated rings. The number of aryl methyl sites for hydroxylation is 1. The topological polar surface area (TPSA) is 37.8 Å². The van der Waals surface area contributed by atoms with Gasteiger partial charge >= 0.3 is 0 Å². The molecule has 2 aromatic rings. The Balaban J connectivity index is 2.14. The third-order valence-electron chi connectivity index (χ3n) is 3.10. The number of nitrogens with one attached hydrogen (secondary N) is 1. The molecule has 0 aliphatic carbocycles. The molecule has 1 aromatic carbocycles. The molecule has 0 bridgehead atoms. The maximum absolute atomic E-state index is 4.68. The maximum Gasteiger partial charge on any atom is 0.141 e. The predicted octanol–water partition coefficient (Wildman–Crippen LogP) is 4.63. The molecule has 21 heavy (non-hydrogen) atoms. The normalized spacial score (nSPS) is 10.9. The van der Waals surface area contributed by atoms with E-state index in [4.69, 9.17) is 0 Å². The van der Waals surface area contributed by atoms with Crippen molar-refractivity contribution >= 4 is 17.6 Å². The molecule has 0 radical (unpaired) electrons. The lowest BCUT2D eigenvalue weighted by Gasteiger charge is -2.11. The number of hydrogen-bond acceptors (Lipinski definition) is 4. The van der Waals surface area contributed by atoms with Gasteiger partial charge in [-0.3, -0.25) is 0 Å². The Labute approximate surface area is 131 Å². The summed E-state index contributed by atoms with van der Waals surface area (Å²) in [6.45, 7) is 9.39. The van der Waals surface area contributed by atoms with Gasteiger partial charge in [0.15, 0.2) is 0 Å². The first-order chi connectivity index (χ1) is 10.1. The number of nitrogens with zero attached hydrogens (tertiary/aromatic N) is 2. The highest BCUT2D eigenvalue weighted by Crippen LogP contribution is 2.24. The lowest BCUT2D eigenvalue weighted by molar-refractivity contribution is 0.799. The molecule has 3 nitrogen and oxygen atoms in total. The van der Waals surface area contributed by atoms with Gasteiger partial charge in [-0.15, -0.1) is 11.8 Å². The van der Waals surface area contributed by atoms with E-state index in [2.05, 4.69) is 73.3 Å². The van der Waals surface area contributed by atoms with Gasteiger partial charge in [0.2, 0.25) is 0 Å². The largest absolute Gasteiger partial charge is 0.370 e. The van der Waals surface area contributed by atoms with Crippen LogP contribution in [0.25, 0.3) is 0 Å².